The molecule has 1 aromatic rings. The Labute approximate surface area is 117 Å². The van der Waals surface area contributed by atoms with Gasteiger partial charge in [0.1, 0.15) is 0 Å². The van der Waals surface area contributed by atoms with Gasteiger partial charge in [-0.2, -0.15) is 4.31 Å². The summed E-state index contributed by atoms with van der Waals surface area (Å²) < 4.78 is 26.8. The van der Waals surface area contributed by atoms with Crippen LogP contribution in [0, 0.1) is 6.92 Å². The molecule has 4 nitrogen and oxygen atoms in total. The van der Waals surface area contributed by atoms with E-state index < -0.39 is 10.0 Å². The van der Waals surface area contributed by atoms with Crippen molar-refractivity contribution >= 4 is 26.0 Å². The first kappa shape index (κ1) is 15.4. The van der Waals surface area contributed by atoms with Crippen molar-refractivity contribution in [1.29, 1.82) is 0 Å². The number of sulfonamides is 1. The van der Waals surface area contributed by atoms with E-state index in [1.54, 1.807) is 19.1 Å². The Balaban J connectivity index is 3.40. The summed E-state index contributed by atoms with van der Waals surface area (Å²) in [5.74, 6) is 0. The van der Waals surface area contributed by atoms with E-state index in [-0.39, 0.29) is 11.4 Å². The van der Waals surface area contributed by atoms with Gasteiger partial charge in [0.05, 0.1) is 4.90 Å². The summed E-state index contributed by atoms with van der Waals surface area (Å²) in [5.41, 5.74) is 7.03. The molecule has 0 aliphatic heterocycles. The normalized spacial score (nSPS) is 11.8. The molecule has 6 heteroatoms. The lowest BCUT2D eigenvalue weighted by atomic mass is 10.1. The third-order valence-electron chi connectivity index (χ3n) is 2.67. The highest BCUT2D eigenvalue weighted by Gasteiger charge is 2.23. The highest BCUT2D eigenvalue weighted by atomic mass is 79.9. The van der Waals surface area contributed by atoms with Crippen molar-refractivity contribution < 1.29 is 8.42 Å². The van der Waals surface area contributed by atoms with Gasteiger partial charge in [-0.15, -0.1) is 6.58 Å². The monoisotopic (exact) mass is 332 g/mol. The minimum absolute atomic E-state index is 0.270. The Bertz CT molecular complexity index is 555. The van der Waals surface area contributed by atoms with Crippen molar-refractivity contribution in [2.24, 2.45) is 5.73 Å². The molecule has 0 atom stereocenters. The van der Waals surface area contributed by atoms with Crippen LogP contribution in [0.1, 0.15) is 11.1 Å². The number of benzene rings is 1. The number of likely N-dealkylation sites (N-methyl/N-ethyl adjacent to an activating group) is 1. The van der Waals surface area contributed by atoms with Gasteiger partial charge in [0.25, 0.3) is 0 Å². The van der Waals surface area contributed by atoms with Gasteiger partial charge in [-0.25, -0.2) is 8.42 Å². The Hall–Kier alpha value is -0.690. The van der Waals surface area contributed by atoms with Gasteiger partial charge in [0.2, 0.25) is 10.0 Å². The molecule has 0 unspecified atom stereocenters. The van der Waals surface area contributed by atoms with Gasteiger partial charge in [0, 0.05) is 24.6 Å². The first-order valence-electron chi connectivity index (χ1n) is 5.41. The van der Waals surface area contributed by atoms with E-state index in [9.17, 15) is 8.42 Å². The molecular formula is C12H17BrN2O2S. The SMILES string of the molecule is C=CCN(C)S(=O)(=O)c1cc(CN)cc(Br)c1C. The van der Waals surface area contributed by atoms with Gasteiger partial charge < -0.3 is 5.73 Å². The van der Waals surface area contributed by atoms with E-state index >= 15 is 0 Å². The summed E-state index contributed by atoms with van der Waals surface area (Å²) >= 11 is 3.36. The zero-order valence-electron chi connectivity index (χ0n) is 10.5. The second-order valence-corrected chi connectivity index (χ2v) is 6.85. The predicted octanol–water partition coefficient (Wildman–Crippen LogP) is 2.02. The second kappa shape index (κ2) is 5.97. The zero-order valence-corrected chi connectivity index (χ0v) is 12.9. The summed E-state index contributed by atoms with van der Waals surface area (Å²) in [6.07, 6.45) is 1.55. The molecule has 0 spiro atoms. The Morgan fingerprint density at radius 3 is 2.61 bits per heavy atom. The van der Waals surface area contributed by atoms with E-state index in [4.69, 9.17) is 5.73 Å². The van der Waals surface area contributed by atoms with Crippen LogP contribution in [0.5, 0.6) is 0 Å². The van der Waals surface area contributed by atoms with Crippen molar-refractivity contribution in [3.8, 4) is 0 Å². The van der Waals surface area contributed by atoms with Crippen LogP contribution < -0.4 is 5.73 Å². The molecule has 0 heterocycles. The average molecular weight is 333 g/mol. The summed E-state index contributed by atoms with van der Waals surface area (Å²) in [6, 6.07) is 3.46. The smallest absolute Gasteiger partial charge is 0.243 e. The quantitative estimate of drug-likeness (QED) is 0.839. The van der Waals surface area contributed by atoms with Crippen LogP contribution >= 0.6 is 15.9 Å². The Morgan fingerprint density at radius 1 is 1.50 bits per heavy atom. The van der Waals surface area contributed by atoms with Crippen LogP contribution in [0.2, 0.25) is 0 Å². The third-order valence-corrected chi connectivity index (χ3v) is 5.44. The van der Waals surface area contributed by atoms with Crippen LogP contribution in [-0.4, -0.2) is 26.3 Å². The van der Waals surface area contributed by atoms with Crippen molar-refractivity contribution in [2.75, 3.05) is 13.6 Å². The maximum atomic E-state index is 12.4. The van der Waals surface area contributed by atoms with Gasteiger partial charge in [-0.05, 0) is 30.2 Å². The lowest BCUT2D eigenvalue weighted by Gasteiger charge is -2.18. The van der Waals surface area contributed by atoms with E-state index in [1.807, 2.05) is 6.07 Å². The van der Waals surface area contributed by atoms with Crippen LogP contribution in [0.25, 0.3) is 0 Å². The topological polar surface area (TPSA) is 63.4 Å². The van der Waals surface area contributed by atoms with E-state index in [1.165, 1.54) is 11.4 Å². The fraction of sp³-hybridized carbons (Fsp3) is 0.333. The van der Waals surface area contributed by atoms with Gasteiger partial charge >= 0.3 is 0 Å². The number of nitrogens with two attached hydrogens (primary N) is 1. The minimum atomic E-state index is -3.51. The van der Waals surface area contributed by atoms with Crippen LogP contribution in [0.3, 0.4) is 0 Å². The molecular weight excluding hydrogens is 316 g/mol. The molecule has 0 bridgehead atoms. The van der Waals surface area contributed by atoms with Crippen LogP contribution in [0.4, 0.5) is 0 Å². The molecule has 1 rings (SSSR count). The number of rotatable bonds is 5. The molecule has 0 saturated heterocycles. The third kappa shape index (κ3) is 3.00. The summed E-state index contributed by atoms with van der Waals surface area (Å²) in [4.78, 5) is 0.279. The molecule has 100 valence electrons. The fourth-order valence-corrected chi connectivity index (χ4v) is 3.61. The number of hydrogen-bond donors (Lipinski definition) is 1. The molecule has 0 aromatic heterocycles. The molecule has 2 N–H and O–H groups in total. The van der Waals surface area contributed by atoms with E-state index in [0.29, 0.717) is 12.1 Å². The van der Waals surface area contributed by atoms with Crippen molar-refractivity contribution in [2.45, 2.75) is 18.4 Å². The molecule has 0 amide bonds. The number of nitrogens with zero attached hydrogens (tertiary/aromatic N) is 1. The number of halogens is 1. The summed E-state index contributed by atoms with van der Waals surface area (Å²) in [6.45, 7) is 5.88. The molecule has 1 aromatic carbocycles. The molecule has 0 radical (unpaired) electrons. The second-order valence-electron chi connectivity index (χ2n) is 3.98. The lowest BCUT2D eigenvalue weighted by Crippen LogP contribution is -2.27. The maximum Gasteiger partial charge on any atom is 0.243 e. The first-order valence-corrected chi connectivity index (χ1v) is 7.64. The fourth-order valence-electron chi connectivity index (χ4n) is 1.54. The lowest BCUT2D eigenvalue weighted by molar-refractivity contribution is 0.498. The van der Waals surface area contributed by atoms with Crippen molar-refractivity contribution in [3.63, 3.8) is 0 Å². The molecule has 18 heavy (non-hydrogen) atoms. The van der Waals surface area contributed by atoms with E-state index in [0.717, 1.165) is 10.0 Å². The first-order chi connectivity index (χ1) is 8.34. The number of hydrogen-bond acceptors (Lipinski definition) is 3. The van der Waals surface area contributed by atoms with Gasteiger partial charge in [-0.1, -0.05) is 22.0 Å². The van der Waals surface area contributed by atoms with Crippen LogP contribution in [0.15, 0.2) is 34.2 Å². The summed E-state index contributed by atoms with van der Waals surface area (Å²) in [7, 11) is -1.98. The van der Waals surface area contributed by atoms with E-state index in [2.05, 4.69) is 22.5 Å². The highest BCUT2D eigenvalue weighted by molar-refractivity contribution is 9.10. The maximum absolute atomic E-state index is 12.4. The largest absolute Gasteiger partial charge is 0.326 e. The molecule has 0 saturated carbocycles. The Morgan fingerprint density at radius 2 is 2.11 bits per heavy atom. The summed E-state index contributed by atoms with van der Waals surface area (Å²) in [5, 5.41) is 0. The minimum Gasteiger partial charge on any atom is -0.326 e. The molecule has 0 aliphatic carbocycles. The van der Waals surface area contributed by atoms with Crippen molar-refractivity contribution in [1.82, 2.24) is 4.31 Å². The average Bonchev–Trinajstić information content (AvgIpc) is 2.32. The van der Waals surface area contributed by atoms with Gasteiger partial charge in [-0.3, -0.25) is 0 Å². The molecule has 0 fully saturated rings. The standard InChI is InChI=1S/C12H17BrN2O2S/c1-4-5-15(3)18(16,17)12-7-10(8-14)6-11(13)9(12)2/h4,6-7H,1,5,8,14H2,2-3H3. The highest BCUT2D eigenvalue weighted by Crippen LogP contribution is 2.27. The van der Waals surface area contributed by atoms with Gasteiger partial charge in [0.15, 0.2) is 0 Å². The Kier molecular flexibility index (Phi) is 5.10. The van der Waals surface area contributed by atoms with Crippen LogP contribution in [-0.2, 0) is 16.6 Å². The molecule has 0 aliphatic rings. The van der Waals surface area contributed by atoms with Crippen molar-refractivity contribution in [3.05, 3.63) is 40.4 Å². The zero-order chi connectivity index (χ0) is 13.9. The predicted molar refractivity (Wildman–Crippen MR) is 76.8 cm³/mol.